The molecule has 0 radical (unpaired) electrons. The highest BCUT2D eigenvalue weighted by Crippen LogP contribution is 2.13. The van der Waals surface area contributed by atoms with Gasteiger partial charge in [0.15, 0.2) is 0 Å². The van der Waals surface area contributed by atoms with Gasteiger partial charge in [-0.1, -0.05) is 19.9 Å². The molecule has 0 aliphatic carbocycles. The molecule has 0 spiro atoms. The molecule has 0 amide bonds. The van der Waals surface area contributed by atoms with E-state index in [0.29, 0.717) is 0 Å². The molecular formula is C14H25NO4. The van der Waals surface area contributed by atoms with Crippen LogP contribution in [0.15, 0.2) is 11.8 Å². The first kappa shape index (κ1) is 17.5. The summed E-state index contributed by atoms with van der Waals surface area (Å²) in [6.07, 6.45) is 1.57. The van der Waals surface area contributed by atoms with Crippen LogP contribution in [0.2, 0.25) is 0 Å². The van der Waals surface area contributed by atoms with E-state index in [0.717, 1.165) is 0 Å². The molecule has 110 valence electrons. The van der Waals surface area contributed by atoms with Crippen LogP contribution in [0.4, 0.5) is 0 Å². The van der Waals surface area contributed by atoms with Crippen molar-refractivity contribution < 1.29 is 19.1 Å². The Labute approximate surface area is 115 Å². The molecule has 0 saturated heterocycles. The van der Waals surface area contributed by atoms with Gasteiger partial charge in [-0.3, -0.25) is 0 Å². The minimum absolute atomic E-state index is 0.0190. The summed E-state index contributed by atoms with van der Waals surface area (Å²) in [7, 11) is 1.30. The number of ether oxygens (including phenoxy) is 2. The van der Waals surface area contributed by atoms with E-state index >= 15 is 0 Å². The number of carbonyl (C=O) groups is 2. The van der Waals surface area contributed by atoms with Crippen LogP contribution in [0, 0.1) is 5.92 Å². The van der Waals surface area contributed by atoms with Crippen molar-refractivity contribution in [1.82, 2.24) is 5.32 Å². The van der Waals surface area contributed by atoms with Crippen molar-refractivity contribution in [2.24, 2.45) is 5.92 Å². The number of nitrogens with one attached hydrogen (secondary N) is 1. The zero-order valence-electron chi connectivity index (χ0n) is 12.9. The summed E-state index contributed by atoms with van der Waals surface area (Å²) >= 11 is 0. The number of carbonyl (C=O) groups excluding carboxylic acids is 2. The number of methoxy groups -OCH3 is 1. The molecule has 0 aromatic heterocycles. The zero-order chi connectivity index (χ0) is 15.2. The van der Waals surface area contributed by atoms with Crippen LogP contribution >= 0.6 is 0 Å². The van der Waals surface area contributed by atoms with Gasteiger partial charge in [-0.2, -0.15) is 0 Å². The molecule has 0 heterocycles. The average molecular weight is 271 g/mol. The fourth-order valence-electron chi connectivity index (χ4n) is 1.40. The van der Waals surface area contributed by atoms with E-state index in [-0.39, 0.29) is 17.6 Å². The molecule has 0 rings (SSSR count). The molecular weight excluding hydrogens is 246 g/mol. The SMILES string of the molecule is C/C=C(\N[C@H](C(=O)OC(C)(C)C)C(C)C)C(=O)OC. The van der Waals surface area contributed by atoms with E-state index in [1.807, 2.05) is 13.8 Å². The highest BCUT2D eigenvalue weighted by Gasteiger charge is 2.29. The maximum Gasteiger partial charge on any atom is 0.353 e. The smallest absolute Gasteiger partial charge is 0.353 e. The molecule has 0 aromatic rings. The molecule has 0 saturated carbocycles. The van der Waals surface area contributed by atoms with Crippen molar-refractivity contribution >= 4 is 11.9 Å². The molecule has 5 heteroatoms. The van der Waals surface area contributed by atoms with Gasteiger partial charge in [-0.15, -0.1) is 0 Å². The lowest BCUT2D eigenvalue weighted by atomic mass is 10.0. The Kier molecular flexibility index (Phi) is 6.59. The normalized spacial score (nSPS) is 14.0. The van der Waals surface area contributed by atoms with Crippen molar-refractivity contribution in [2.75, 3.05) is 7.11 Å². The van der Waals surface area contributed by atoms with Crippen LogP contribution in [0.5, 0.6) is 0 Å². The summed E-state index contributed by atoms with van der Waals surface area (Å²) in [4.78, 5) is 23.6. The molecule has 0 aliphatic rings. The Morgan fingerprint density at radius 1 is 1.21 bits per heavy atom. The van der Waals surface area contributed by atoms with E-state index < -0.39 is 17.6 Å². The first-order valence-corrected chi connectivity index (χ1v) is 6.36. The third kappa shape index (κ3) is 6.27. The molecule has 1 atom stereocenters. The standard InChI is InChI=1S/C14H25NO4/c1-8-10(12(16)18-7)15-11(9(2)3)13(17)19-14(4,5)6/h8-9,11,15H,1-7H3/b10-8-/t11-/m0/s1. The predicted molar refractivity (Wildman–Crippen MR) is 73.4 cm³/mol. The van der Waals surface area contributed by atoms with Gasteiger partial charge in [0.05, 0.1) is 7.11 Å². The summed E-state index contributed by atoms with van der Waals surface area (Å²) in [5.41, 5.74) is -0.306. The van der Waals surface area contributed by atoms with Crippen LogP contribution < -0.4 is 5.32 Å². The zero-order valence-corrected chi connectivity index (χ0v) is 12.9. The van der Waals surface area contributed by atoms with Crippen molar-refractivity contribution in [2.45, 2.75) is 53.2 Å². The number of rotatable bonds is 5. The maximum atomic E-state index is 12.1. The van der Waals surface area contributed by atoms with Gasteiger partial charge in [0, 0.05) is 0 Å². The molecule has 0 aromatic carbocycles. The fraction of sp³-hybridized carbons (Fsp3) is 0.714. The lowest BCUT2D eigenvalue weighted by Gasteiger charge is -2.27. The number of esters is 2. The number of hydrogen-bond acceptors (Lipinski definition) is 5. The molecule has 0 bridgehead atoms. The molecule has 0 unspecified atom stereocenters. The third-order valence-electron chi connectivity index (χ3n) is 2.33. The van der Waals surface area contributed by atoms with Crippen LogP contribution in [0.3, 0.4) is 0 Å². The first-order valence-electron chi connectivity index (χ1n) is 6.36. The van der Waals surface area contributed by atoms with Crippen molar-refractivity contribution in [3.05, 3.63) is 11.8 Å². The van der Waals surface area contributed by atoms with E-state index in [1.165, 1.54) is 7.11 Å². The van der Waals surface area contributed by atoms with Crippen LogP contribution in [-0.4, -0.2) is 30.7 Å². The first-order chi connectivity index (χ1) is 8.62. The minimum atomic E-state index is -0.593. The molecule has 0 aliphatic heterocycles. The topological polar surface area (TPSA) is 64.6 Å². The van der Waals surface area contributed by atoms with Gasteiger partial charge in [0.25, 0.3) is 0 Å². The Morgan fingerprint density at radius 2 is 1.74 bits per heavy atom. The maximum absolute atomic E-state index is 12.1. The monoisotopic (exact) mass is 271 g/mol. The highest BCUT2D eigenvalue weighted by atomic mass is 16.6. The summed E-state index contributed by atoms with van der Waals surface area (Å²) in [5, 5.41) is 2.89. The largest absolute Gasteiger partial charge is 0.464 e. The second-order valence-electron chi connectivity index (χ2n) is 5.59. The van der Waals surface area contributed by atoms with Gasteiger partial charge >= 0.3 is 11.9 Å². The van der Waals surface area contributed by atoms with Gasteiger partial charge in [0.1, 0.15) is 17.3 Å². The lowest BCUT2D eigenvalue weighted by Crippen LogP contribution is -2.45. The fourth-order valence-corrected chi connectivity index (χ4v) is 1.40. The van der Waals surface area contributed by atoms with Crippen molar-refractivity contribution in [1.29, 1.82) is 0 Å². The molecule has 1 N–H and O–H groups in total. The predicted octanol–water partition coefficient (Wildman–Crippen LogP) is 2.02. The summed E-state index contributed by atoms with van der Waals surface area (Å²) in [5.74, 6) is -0.906. The lowest BCUT2D eigenvalue weighted by molar-refractivity contribution is -0.158. The van der Waals surface area contributed by atoms with Gasteiger partial charge < -0.3 is 14.8 Å². The van der Waals surface area contributed by atoms with Crippen LogP contribution in [0.1, 0.15) is 41.5 Å². The second kappa shape index (κ2) is 7.16. The number of allylic oxidation sites excluding steroid dienone is 1. The van der Waals surface area contributed by atoms with E-state index in [9.17, 15) is 9.59 Å². The Balaban J connectivity index is 4.94. The second-order valence-corrected chi connectivity index (χ2v) is 5.59. The summed E-state index contributed by atoms with van der Waals surface area (Å²) in [6, 6.07) is -0.593. The molecule has 0 fully saturated rings. The number of hydrogen-bond donors (Lipinski definition) is 1. The quantitative estimate of drug-likeness (QED) is 0.612. The summed E-state index contributed by atoms with van der Waals surface area (Å²) < 4.78 is 9.98. The van der Waals surface area contributed by atoms with Gasteiger partial charge in [0.2, 0.25) is 0 Å². The Bertz CT molecular complexity index is 353. The summed E-state index contributed by atoms with van der Waals surface area (Å²) in [6.45, 7) is 10.9. The van der Waals surface area contributed by atoms with E-state index in [2.05, 4.69) is 10.1 Å². The van der Waals surface area contributed by atoms with Crippen LogP contribution in [-0.2, 0) is 19.1 Å². The van der Waals surface area contributed by atoms with Crippen molar-refractivity contribution in [3.8, 4) is 0 Å². The van der Waals surface area contributed by atoms with Gasteiger partial charge in [-0.05, 0) is 33.6 Å². The van der Waals surface area contributed by atoms with E-state index in [4.69, 9.17) is 4.74 Å². The van der Waals surface area contributed by atoms with Gasteiger partial charge in [-0.25, -0.2) is 9.59 Å². The third-order valence-corrected chi connectivity index (χ3v) is 2.33. The molecule has 19 heavy (non-hydrogen) atoms. The van der Waals surface area contributed by atoms with Crippen LogP contribution in [0.25, 0.3) is 0 Å². The van der Waals surface area contributed by atoms with E-state index in [1.54, 1.807) is 33.8 Å². The average Bonchev–Trinajstić information content (AvgIpc) is 2.26. The highest BCUT2D eigenvalue weighted by molar-refractivity contribution is 5.89. The Morgan fingerprint density at radius 3 is 2.05 bits per heavy atom. The molecule has 5 nitrogen and oxygen atoms in total. The Hall–Kier alpha value is -1.52. The minimum Gasteiger partial charge on any atom is -0.464 e. The van der Waals surface area contributed by atoms with Crippen molar-refractivity contribution in [3.63, 3.8) is 0 Å².